The molecule has 2 aromatic rings. The monoisotopic (exact) mass is 426 g/mol. The number of fused-ring (bicyclic) bond motifs is 1. The predicted molar refractivity (Wildman–Crippen MR) is 111 cm³/mol. The fourth-order valence-electron chi connectivity index (χ4n) is 3.55. The first kappa shape index (κ1) is 22.1. The van der Waals surface area contributed by atoms with E-state index in [1.54, 1.807) is 50.2 Å². The van der Waals surface area contributed by atoms with Crippen LogP contribution >= 0.6 is 0 Å². The molecule has 2 heterocycles. The molecule has 9 heteroatoms. The third-order valence-corrected chi connectivity index (χ3v) is 5.06. The van der Waals surface area contributed by atoms with Crippen LogP contribution in [0.1, 0.15) is 48.5 Å². The molecule has 164 valence electrons. The van der Waals surface area contributed by atoms with Crippen LogP contribution < -0.4 is 10.6 Å². The maximum absolute atomic E-state index is 13.2. The van der Waals surface area contributed by atoms with Crippen molar-refractivity contribution in [3.8, 4) is 0 Å². The maximum atomic E-state index is 13.2. The summed E-state index contributed by atoms with van der Waals surface area (Å²) in [6, 6.07) is 7.81. The van der Waals surface area contributed by atoms with Gasteiger partial charge in [0.05, 0.1) is 12.7 Å². The van der Waals surface area contributed by atoms with Gasteiger partial charge in [0, 0.05) is 18.7 Å². The molecule has 0 fully saturated rings. The number of carbonyl (C=O) groups excluding carboxylic acids is 4. The lowest BCUT2D eigenvalue weighted by Gasteiger charge is -2.34. The molecule has 0 bridgehead atoms. The second kappa shape index (κ2) is 9.03. The van der Waals surface area contributed by atoms with Crippen molar-refractivity contribution in [1.29, 1.82) is 0 Å². The van der Waals surface area contributed by atoms with Crippen LogP contribution in [-0.4, -0.2) is 52.8 Å². The summed E-state index contributed by atoms with van der Waals surface area (Å²) in [4.78, 5) is 51.2. The SMILES string of the molecule is CC(C)N1C(=O)c2ccccc2C(NC(=O)[C@H](C)NC(=O)Cc2ccco2)C(=O)N1C. The normalized spacial score (nSPS) is 17.3. The smallest absolute Gasteiger partial charge is 0.273 e. The van der Waals surface area contributed by atoms with E-state index in [0.29, 0.717) is 16.9 Å². The molecule has 0 spiro atoms. The van der Waals surface area contributed by atoms with Crippen LogP contribution in [0.3, 0.4) is 0 Å². The zero-order chi connectivity index (χ0) is 22.7. The number of furan rings is 1. The van der Waals surface area contributed by atoms with Crippen molar-refractivity contribution in [2.75, 3.05) is 7.05 Å². The second-order valence-electron chi connectivity index (χ2n) is 7.68. The Balaban J connectivity index is 1.79. The summed E-state index contributed by atoms with van der Waals surface area (Å²) < 4.78 is 5.14. The number of amides is 4. The molecule has 2 N–H and O–H groups in total. The third-order valence-electron chi connectivity index (χ3n) is 5.06. The van der Waals surface area contributed by atoms with E-state index in [1.165, 1.54) is 30.3 Å². The van der Waals surface area contributed by atoms with Crippen LogP contribution in [0.15, 0.2) is 47.1 Å². The molecular formula is C22H26N4O5. The van der Waals surface area contributed by atoms with Crippen LogP contribution in [0.4, 0.5) is 0 Å². The second-order valence-corrected chi connectivity index (χ2v) is 7.68. The molecule has 3 rings (SSSR count). The number of likely N-dealkylation sites (N-methyl/N-ethyl adjacent to an activating group) is 1. The summed E-state index contributed by atoms with van der Waals surface area (Å²) in [6.45, 7) is 5.14. The largest absolute Gasteiger partial charge is 0.469 e. The minimum absolute atomic E-state index is 0.00357. The molecule has 9 nitrogen and oxygen atoms in total. The van der Waals surface area contributed by atoms with Crippen LogP contribution in [0, 0.1) is 0 Å². The van der Waals surface area contributed by atoms with Gasteiger partial charge in [0.2, 0.25) is 11.8 Å². The highest BCUT2D eigenvalue weighted by Crippen LogP contribution is 2.27. The van der Waals surface area contributed by atoms with Gasteiger partial charge in [-0.25, -0.2) is 5.01 Å². The zero-order valence-electron chi connectivity index (χ0n) is 17.9. The molecule has 0 saturated heterocycles. The average Bonchev–Trinajstić information content (AvgIpc) is 3.21. The van der Waals surface area contributed by atoms with Gasteiger partial charge in [0.15, 0.2) is 0 Å². The van der Waals surface area contributed by atoms with E-state index >= 15 is 0 Å². The van der Waals surface area contributed by atoms with Gasteiger partial charge in [0.1, 0.15) is 17.8 Å². The summed E-state index contributed by atoms with van der Waals surface area (Å²) in [6.07, 6.45) is 1.46. The van der Waals surface area contributed by atoms with Gasteiger partial charge in [0.25, 0.3) is 11.8 Å². The topological polar surface area (TPSA) is 112 Å². The molecule has 31 heavy (non-hydrogen) atoms. The fraction of sp³-hybridized carbons (Fsp3) is 0.364. The molecule has 1 aliphatic rings. The highest BCUT2D eigenvalue weighted by atomic mass is 16.3. The number of rotatable bonds is 6. The Morgan fingerprint density at radius 3 is 2.45 bits per heavy atom. The first-order valence-electron chi connectivity index (χ1n) is 10.0. The highest BCUT2D eigenvalue weighted by molar-refractivity contribution is 6.02. The van der Waals surface area contributed by atoms with Crippen molar-refractivity contribution in [3.63, 3.8) is 0 Å². The quantitative estimate of drug-likeness (QED) is 0.726. The van der Waals surface area contributed by atoms with Crippen LogP contribution in [0.2, 0.25) is 0 Å². The lowest BCUT2D eigenvalue weighted by atomic mass is 9.99. The van der Waals surface area contributed by atoms with Crippen LogP contribution in [0.25, 0.3) is 0 Å². The fourth-order valence-corrected chi connectivity index (χ4v) is 3.55. The third kappa shape index (κ3) is 4.60. The molecule has 1 aromatic heterocycles. The Morgan fingerprint density at radius 2 is 1.81 bits per heavy atom. The number of hydrazine groups is 1. The van der Waals surface area contributed by atoms with Crippen molar-refractivity contribution in [2.45, 2.75) is 45.3 Å². The molecule has 0 saturated carbocycles. The van der Waals surface area contributed by atoms with E-state index in [0.717, 1.165) is 0 Å². The van der Waals surface area contributed by atoms with Crippen LogP contribution in [-0.2, 0) is 20.8 Å². The van der Waals surface area contributed by atoms with Crippen molar-refractivity contribution < 1.29 is 23.6 Å². The van der Waals surface area contributed by atoms with Crippen molar-refractivity contribution in [3.05, 3.63) is 59.5 Å². The number of nitrogens with one attached hydrogen (secondary N) is 2. The molecular weight excluding hydrogens is 400 g/mol. The Kier molecular flexibility index (Phi) is 6.43. The van der Waals surface area contributed by atoms with Gasteiger partial charge >= 0.3 is 0 Å². The zero-order valence-corrected chi connectivity index (χ0v) is 17.9. The van der Waals surface area contributed by atoms with Crippen molar-refractivity contribution >= 4 is 23.6 Å². The number of hydrogen-bond donors (Lipinski definition) is 2. The molecule has 1 unspecified atom stereocenters. The van der Waals surface area contributed by atoms with Gasteiger partial charge < -0.3 is 15.1 Å². The molecule has 0 aliphatic carbocycles. The van der Waals surface area contributed by atoms with Crippen molar-refractivity contribution in [2.24, 2.45) is 0 Å². The average molecular weight is 426 g/mol. The van der Waals surface area contributed by atoms with Crippen molar-refractivity contribution in [1.82, 2.24) is 20.7 Å². The summed E-state index contributed by atoms with van der Waals surface area (Å²) in [7, 11) is 1.50. The number of benzene rings is 1. The minimum atomic E-state index is -1.06. The Hall–Kier alpha value is -3.62. The number of carbonyl (C=O) groups is 4. The highest BCUT2D eigenvalue weighted by Gasteiger charge is 2.39. The first-order chi connectivity index (χ1) is 14.7. The van der Waals surface area contributed by atoms with E-state index in [1.807, 2.05) is 0 Å². The lowest BCUT2D eigenvalue weighted by molar-refractivity contribution is -0.147. The van der Waals surface area contributed by atoms with Crippen LogP contribution in [0.5, 0.6) is 0 Å². The summed E-state index contributed by atoms with van der Waals surface area (Å²) in [5.41, 5.74) is 0.753. The maximum Gasteiger partial charge on any atom is 0.273 e. The van der Waals surface area contributed by atoms with Gasteiger partial charge in [-0.2, -0.15) is 0 Å². The van der Waals surface area contributed by atoms with E-state index < -0.39 is 23.9 Å². The molecule has 1 aliphatic heterocycles. The molecule has 0 radical (unpaired) electrons. The van der Waals surface area contributed by atoms with Gasteiger partial charge in [-0.3, -0.25) is 24.2 Å². The first-order valence-corrected chi connectivity index (χ1v) is 10.0. The minimum Gasteiger partial charge on any atom is -0.469 e. The lowest BCUT2D eigenvalue weighted by Crippen LogP contribution is -2.53. The molecule has 4 amide bonds. The molecule has 1 aromatic carbocycles. The number of hydrogen-bond acceptors (Lipinski definition) is 5. The summed E-state index contributed by atoms with van der Waals surface area (Å²) in [5.74, 6) is -1.22. The summed E-state index contributed by atoms with van der Waals surface area (Å²) in [5, 5.41) is 7.89. The van der Waals surface area contributed by atoms with Gasteiger partial charge in [-0.1, -0.05) is 18.2 Å². The Labute approximate surface area is 180 Å². The van der Waals surface area contributed by atoms with E-state index in [2.05, 4.69) is 10.6 Å². The van der Waals surface area contributed by atoms with Gasteiger partial charge in [-0.15, -0.1) is 0 Å². The Morgan fingerprint density at radius 1 is 1.10 bits per heavy atom. The Bertz CT molecular complexity index is 986. The summed E-state index contributed by atoms with van der Waals surface area (Å²) >= 11 is 0. The predicted octanol–water partition coefficient (Wildman–Crippen LogP) is 1.42. The molecule has 2 atom stereocenters. The standard InChI is InChI=1S/C22H26N4O5/c1-13(2)26-21(29)17-10-6-5-9-16(17)19(22(30)25(26)4)24-20(28)14(3)23-18(27)12-15-8-7-11-31-15/h5-11,13-14,19H,12H2,1-4H3,(H,23,27)(H,24,28)/t14-,19?/m0/s1. The number of nitrogens with zero attached hydrogens (tertiary/aromatic N) is 2. The van der Waals surface area contributed by atoms with E-state index in [9.17, 15) is 19.2 Å². The van der Waals surface area contributed by atoms with E-state index in [4.69, 9.17) is 4.42 Å². The van der Waals surface area contributed by atoms with E-state index in [-0.39, 0.29) is 24.3 Å². The van der Waals surface area contributed by atoms with Gasteiger partial charge in [-0.05, 0) is 44.5 Å².